The van der Waals surface area contributed by atoms with Crippen molar-refractivity contribution in [2.45, 2.75) is 39.0 Å². The summed E-state index contributed by atoms with van der Waals surface area (Å²) in [4.78, 5) is 0. The Labute approximate surface area is 103 Å². The highest BCUT2D eigenvalue weighted by Gasteiger charge is 2.10. The summed E-state index contributed by atoms with van der Waals surface area (Å²) in [6.07, 6.45) is 1.95. The molecule has 0 aliphatic heterocycles. The van der Waals surface area contributed by atoms with E-state index in [2.05, 4.69) is 26.0 Å². The second-order valence-electron chi connectivity index (χ2n) is 4.39. The third kappa shape index (κ3) is 4.04. The molecule has 15 heavy (non-hydrogen) atoms. The summed E-state index contributed by atoms with van der Waals surface area (Å²) in [5, 5.41) is 1.10. The summed E-state index contributed by atoms with van der Waals surface area (Å²) in [6.45, 7) is 6.34. The molecule has 1 atom stereocenters. The SMILES string of the molecule is Cc1ccc(CCC(Cl)C(C)C)c(Cl)c1. The summed E-state index contributed by atoms with van der Waals surface area (Å²) in [5.74, 6) is 0.524. The van der Waals surface area contributed by atoms with Gasteiger partial charge in [0.2, 0.25) is 0 Å². The molecule has 0 radical (unpaired) electrons. The molecule has 0 saturated carbocycles. The van der Waals surface area contributed by atoms with Gasteiger partial charge in [0.15, 0.2) is 0 Å². The van der Waals surface area contributed by atoms with Gasteiger partial charge >= 0.3 is 0 Å². The van der Waals surface area contributed by atoms with Gasteiger partial charge in [-0.2, -0.15) is 0 Å². The second kappa shape index (κ2) is 5.77. The highest BCUT2D eigenvalue weighted by molar-refractivity contribution is 6.31. The van der Waals surface area contributed by atoms with Crippen LogP contribution in [0.1, 0.15) is 31.4 Å². The van der Waals surface area contributed by atoms with E-state index < -0.39 is 0 Å². The van der Waals surface area contributed by atoms with Crippen LogP contribution in [0.25, 0.3) is 0 Å². The second-order valence-corrected chi connectivity index (χ2v) is 5.36. The number of alkyl halides is 1. The average molecular weight is 245 g/mol. The van der Waals surface area contributed by atoms with Crippen molar-refractivity contribution in [3.05, 3.63) is 34.3 Å². The normalized spacial score (nSPS) is 13.2. The molecule has 1 aromatic rings. The maximum Gasteiger partial charge on any atom is 0.0440 e. The first-order chi connectivity index (χ1) is 7.00. The Morgan fingerprint density at radius 3 is 2.47 bits per heavy atom. The fourth-order valence-corrected chi connectivity index (χ4v) is 1.92. The van der Waals surface area contributed by atoms with Crippen LogP contribution in [-0.2, 0) is 6.42 Å². The van der Waals surface area contributed by atoms with Crippen molar-refractivity contribution in [2.75, 3.05) is 0 Å². The first kappa shape index (κ1) is 12.9. The van der Waals surface area contributed by atoms with Crippen LogP contribution in [0, 0.1) is 12.8 Å². The van der Waals surface area contributed by atoms with Crippen LogP contribution in [-0.4, -0.2) is 5.38 Å². The van der Waals surface area contributed by atoms with Gasteiger partial charge in [-0.15, -0.1) is 11.6 Å². The lowest BCUT2D eigenvalue weighted by Gasteiger charge is -2.13. The molecule has 0 saturated heterocycles. The molecule has 0 heterocycles. The van der Waals surface area contributed by atoms with Crippen LogP contribution in [0.2, 0.25) is 5.02 Å². The van der Waals surface area contributed by atoms with Gasteiger partial charge in [-0.05, 0) is 42.9 Å². The molecule has 1 rings (SSSR count). The molecule has 0 N–H and O–H groups in total. The van der Waals surface area contributed by atoms with Crippen LogP contribution in [0.5, 0.6) is 0 Å². The zero-order chi connectivity index (χ0) is 11.4. The van der Waals surface area contributed by atoms with Crippen molar-refractivity contribution in [3.8, 4) is 0 Å². The molecule has 0 spiro atoms. The lowest BCUT2D eigenvalue weighted by atomic mass is 10.0. The summed E-state index contributed by atoms with van der Waals surface area (Å²) < 4.78 is 0. The fraction of sp³-hybridized carbons (Fsp3) is 0.538. The summed E-state index contributed by atoms with van der Waals surface area (Å²) in [7, 11) is 0. The van der Waals surface area contributed by atoms with E-state index in [4.69, 9.17) is 23.2 Å². The maximum absolute atomic E-state index is 6.21. The molecule has 0 aliphatic carbocycles. The van der Waals surface area contributed by atoms with Crippen molar-refractivity contribution in [2.24, 2.45) is 5.92 Å². The lowest BCUT2D eigenvalue weighted by molar-refractivity contribution is 0.565. The Hall–Kier alpha value is -0.200. The molecule has 0 bridgehead atoms. The van der Waals surface area contributed by atoms with Crippen molar-refractivity contribution in [3.63, 3.8) is 0 Å². The number of aryl methyl sites for hydroxylation is 2. The van der Waals surface area contributed by atoms with Gasteiger partial charge in [-0.25, -0.2) is 0 Å². The van der Waals surface area contributed by atoms with E-state index in [1.165, 1.54) is 11.1 Å². The predicted molar refractivity (Wildman–Crippen MR) is 69.0 cm³/mol. The highest BCUT2D eigenvalue weighted by atomic mass is 35.5. The molecule has 0 aliphatic rings. The van der Waals surface area contributed by atoms with Crippen LogP contribution in [0.4, 0.5) is 0 Å². The van der Waals surface area contributed by atoms with Crippen molar-refractivity contribution in [1.82, 2.24) is 0 Å². The molecular formula is C13H18Cl2. The fourth-order valence-electron chi connectivity index (χ4n) is 1.48. The first-order valence-electron chi connectivity index (χ1n) is 5.40. The van der Waals surface area contributed by atoms with Gasteiger partial charge in [0.05, 0.1) is 0 Å². The molecule has 0 nitrogen and oxygen atoms in total. The number of hydrogen-bond acceptors (Lipinski definition) is 0. The van der Waals surface area contributed by atoms with Crippen LogP contribution >= 0.6 is 23.2 Å². The monoisotopic (exact) mass is 244 g/mol. The van der Waals surface area contributed by atoms with Gasteiger partial charge in [0.25, 0.3) is 0 Å². The van der Waals surface area contributed by atoms with E-state index in [0.717, 1.165) is 17.9 Å². The Kier molecular flexibility index (Phi) is 4.95. The molecule has 1 aromatic carbocycles. The van der Waals surface area contributed by atoms with Crippen molar-refractivity contribution < 1.29 is 0 Å². The molecule has 0 aromatic heterocycles. The van der Waals surface area contributed by atoms with Gasteiger partial charge in [0.1, 0.15) is 0 Å². The summed E-state index contributed by atoms with van der Waals surface area (Å²) in [6, 6.07) is 6.21. The molecule has 1 unspecified atom stereocenters. The zero-order valence-corrected chi connectivity index (χ0v) is 11.1. The number of hydrogen-bond donors (Lipinski definition) is 0. The third-order valence-corrected chi connectivity index (χ3v) is 3.70. The van der Waals surface area contributed by atoms with E-state index in [1.807, 2.05) is 13.0 Å². The van der Waals surface area contributed by atoms with E-state index in [0.29, 0.717) is 5.92 Å². The largest absolute Gasteiger partial charge is 0.123 e. The van der Waals surface area contributed by atoms with Gasteiger partial charge in [-0.3, -0.25) is 0 Å². The van der Waals surface area contributed by atoms with Crippen LogP contribution < -0.4 is 0 Å². The Morgan fingerprint density at radius 1 is 1.27 bits per heavy atom. The minimum absolute atomic E-state index is 0.238. The van der Waals surface area contributed by atoms with Crippen LogP contribution in [0.15, 0.2) is 18.2 Å². The van der Waals surface area contributed by atoms with Crippen LogP contribution in [0.3, 0.4) is 0 Å². The summed E-state index contributed by atoms with van der Waals surface area (Å²) >= 11 is 12.4. The van der Waals surface area contributed by atoms with Crippen molar-refractivity contribution in [1.29, 1.82) is 0 Å². The minimum Gasteiger partial charge on any atom is -0.123 e. The predicted octanol–water partition coefficient (Wildman–Crippen LogP) is 4.84. The molecule has 0 fully saturated rings. The molecule has 84 valence electrons. The summed E-state index contributed by atoms with van der Waals surface area (Å²) in [5.41, 5.74) is 2.41. The van der Waals surface area contributed by atoms with E-state index in [-0.39, 0.29) is 5.38 Å². The minimum atomic E-state index is 0.238. The number of benzene rings is 1. The molecule has 2 heteroatoms. The average Bonchev–Trinajstić information content (AvgIpc) is 2.15. The quantitative estimate of drug-likeness (QED) is 0.665. The number of halogens is 2. The lowest BCUT2D eigenvalue weighted by Crippen LogP contribution is -2.08. The Balaban J connectivity index is 2.58. The topological polar surface area (TPSA) is 0 Å². The van der Waals surface area contributed by atoms with Gasteiger partial charge < -0.3 is 0 Å². The van der Waals surface area contributed by atoms with Gasteiger partial charge in [0, 0.05) is 10.4 Å². The molecule has 0 amide bonds. The third-order valence-electron chi connectivity index (χ3n) is 2.62. The highest BCUT2D eigenvalue weighted by Crippen LogP contribution is 2.22. The van der Waals surface area contributed by atoms with E-state index >= 15 is 0 Å². The van der Waals surface area contributed by atoms with Gasteiger partial charge in [-0.1, -0.05) is 37.6 Å². The standard InChI is InChI=1S/C13H18Cl2/c1-9(2)12(14)7-6-11-5-4-10(3)8-13(11)15/h4-5,8-9,12H,6-7H2,1-3H3. The van der Waals surface area contributed by atoms with E-state index in [1.54, 1.807) is 0 Å². The first-order valence-corrected chi connectivity index (χ1v) is 6.21. The smallest absolute Gasteiger partial charge is 0.0440 e. The maximum atomic E-state index is 6.21. The number of rotatable bonds is 4. The van der Waals surface area contributed by atoms with Crippen molar-refractivity contribution >= 4 is 23.2 Å². The Bertz CT molecular complexity index is 318. The van der Waals surface area contributed by atoms with E-state index in [9.17, 15) is 0 Å². The Morgan fingerprint density at radius 2 is 1.93 bits per heavy atom. The zero-order valence-electron chi connectivity index (χ0n) is 9.56. The molecular weight excluding hydrogens is 227 g/mol.